The van der Waals surface area contributed by atoms with Crippen LogP contribution in [0.5, 0.6) is 0 Å². The third-order valence-corrected chi connectivity index (χ3v) is 8.17. The van der Waals surface area contributed by atoms with Gasteiger partial charge >= 0.3 is 6.03 Å². The predicted molar refractivity (Wildman–Crippen MR) is 127 cm³/mol. The zero-order chi connectivity index (χ0) is 22.6. The van der Waals surface area contributed by atoms with Crippen molar-refractivity contribution in [1.82, 2.24) is 10.3 Å². The van der Waals surface area contributed by atoms with E-state index in [4.69, 9.17) is 11.6 Å². The standard InChI is InChI=1S/C24H28ClN3O3S/c25-20-13-11-18(12-14-20)23-19(15-16-32(30,31)22-9-5-2-6-10-22)17-28(27-23)24(29)26-21-7-3-1-4-8-21/h2,5-6,9-14,19,21H,1,3-4,7-8,15-17H2,(H,26,29). The van der Waals surface area contributed by atoms with Gasteiger partial charge in [-0.2, -0.15) is 5.10 Å². The van der Waals surface area contributed by atoms with E-state index < -0.39 is 9.84 Å². The Balaban J connectivity index is 1.50. The Morgan fingerprint density at radius 1 is 1.03 bits per heavy atom. The number of amides is 2. The number of nitrogens with zero attached hydrogens (tertiary/aromatic N) is 2. The number of hydrazone groups is 1. The van der Waals surface area contributed by atoms with Crippen LogP contribution in [0.1, 0.15) is 44.1 Å². The molecule has 1 fully saturated rings. The van der Waals surface area contributed by atoms with Gasteiger partial charge in [0.2, 0.25) is 0 Å². The number of rotatable bonds is 6. The molecule has 0 bridgehead atoms. The molecule has 32 heavy (non-hydrogen) atoms. The Morgan fingerprint density at radius 2 is 1.72 bits per heavy atom. The van der Waals surface area contributed by atoms with Gasteiger partial charge in [-0.3, -0.25) is 0 Å². The minimum Gasteiger partial charge on any atom is -0.334 e. The highest BCUT2D eigenvalue weighted by Crippen LogP contribution is 2.26. The summed E-state index contributed by atoms with van der Waals surface area (Å²) in [5.74, 6) is -0.182. The van der Waals surface area contributed by atoms with Crippen molar-refractivity contribution in [2.24, 2.45) is 11.0 Å². The molecule has 170 valence electrons. The minimum atomic E-state index is -3.42. The summed E-state index contributed by atoms with van der Waals surface area (Å²) in [6, 6.07) is 15.7. The summed E-state index contributed by atoms with van der Waals surface area (Å²) < 4.78 is 25.6. The van der Waals surface area contributed by atoms with Gasteiger partial charge in [0.1, 0.15) is 0 Å². The first-order chi connectivity index (χ1) is 15.4. The van der Waals surface area contributed by atoms with Crippen LogP contribution in [-0.2, 0) is 9.84 Å². The quantitative estimate of drug-likeness (QED) is 0.649. The molecule has 2 amide bonds. The summed E-state index contributed by atoms with van der Waals surface area (Å²) >= 11 is 6.04. The number of carbonyl (C=O) groups excluding carboxylic acids is 1. The molecule has 2 aromatic rings. The van der Waals surface area contributed by atoms with Crippen molar-refractivity contribution in [2.75, 3.05) is 12.3 Å². The van der Waals surface area contributed by atoms with Crippen LogP contribution in [0, 0.1) is 5.92 Å². The van der Waals surface area contributed by atoms with E-state index in [1.807, 2.05) is 12.1 Å². The van der Waals surface area contributed by atoms with Gasteiger partial charge in [-0.15, -0.1) is 0 Å². The molecule has 1 heterocycles. The van der Waals surface area contributed by atoms with Crippen molar-refractivity contribution < 1.29 is 13.2 Å². The summed E-state index contributed by atoms with van der Waals surface area (Å²) in [7, 11) is -3.42. The van der Waals surface area contributed by atoms with E-state index in [1.165, 1.54) is 11.4 Å². The number of hydrogen-bond acceptors (Lipinski definition) is 4. The molecule has 8 heteroatoms. The number of halogens is 1. The van der Waals surface area contributed by atoms with E-state index in [9.17, 15) is 13.2 Å². The fraction of sp³-hybridized carbons (Fsp3) is 0.417. The normalized spacial score (nSPS) is 19.6. The molecule has 0 aromatic heterocycles. The predicted octanol–water partition coefficient (Wildman–Crippen LogP) is 4.88. The van der Waals surface area contributed by atoms with E-state index in [0.29, 0.717) is 22.9 Å². The first kappa shape index (κ1) is 22.8. The monoisotopic (exact) mass is 473 g/mol. The van der Waals surface area contributed by atoms with Crippen molar-refractivity contribution in [3.63, 3.8) is 0 Å². The molecule has 1 unspecified atom stereocenters. The molecule has 2 aliphatic rings. The molecule has 6 nitrogen and oxygen atoms in total. The molecule has 0 saturated heterocycles. The summed E-state index contributed by atoms with van der Waals surface area (Å²) in [5.41, 5.74) is 1.58. The second kappa shape index (κ2) is 10.0. The van der Waals surface area contributed by atoms with E-state index in [1.54, 1.807) is 42.5 Å². The lowest BCUT2D eigenvalue weighted by Gasteiger charge is -2.24. The molecule has 1 aliphatic carbocycles. The highest BCUT2D eigenvalue weighted by molar-refractivity contribution is 7.91. The lowest BCUT2D eigenvalue weighted by atomic mass is 9.95. The molecule has 1 saturated carbocycles. The van der Waals surface area contributed by atoms with Crippen LogP contribution >= 0.6 is 11.6 Å². The zero-order valence-corrected chi connectivity index (χ0v) is 19.5. The fourth-order valence-corrected chi connectivity index (χ4v) is 5.89. The van der Waals surface area contributed by atoms with Crippen molar-refractivity contribution in [2.45, 2.75) is 49.5 Å². The second-order valence-corrected chi connectivity index (χ2v) is 11.0. The van der Waals surface area contributed by atoms with Crippen LogP contribution in [0.15, 0.2) is 64.6 Å². The summed E-state index contributed by atoms with van der Waals surface area (Å²) in [6.45, 7) is 0.362. The van der Waals surface area contributed by atoms with E-state index >= 15 is 0 Å². The van der Waals surface area contributed by atoms with E-state index in [0.717, 1.165) is 37.0 Å². The van der Waals surface area contributed by atoms with Crippen molar-refractivity contribution >= 4 is 33.2 Å². The van der Waals surface area contributed by atoms with Crippen LogP contribution in [0.3, 0.4) is 0 Å². The Morgan fingerprint density at radius 3 is 2.41 bits per heavy atom. The SMILES string of the molecule is O=C(NC1CCCCC1)N1CC(CCS(=O)(=O)c2ccccc2)C(c2ccc(Cl)cc2)=N1. The average molecular weight is 474 g/mol. The van der Waals surface area contributed by atoms with Gasteiger partial charge in [0.15, 0.2) is 9.84 Å². The first-order valence-electron chi connectivity index (χ1n) is 11.1. The highest BCUT2D eigenvalue weighted by atomic mass is 35.5. The maximum Gasteiger partial charge on any atom is 0.338 e. The van der Waals surface area contributed by atoms with Crippen LogP contribution < -0.4 is 5.32 Å². The van der Waals surface area contributed by atoms with E-state index in [-0.39, 0.29) is 23.7 Å². The first-order valence-corrected chi connectivity index (χ1v) is 13.2. The summed E-state index contributed by atoms with van der Waals surface area (Å²) in [5, 5.41) is 9.78. The third-order valence-electron chi connectivity index (χ3n) is 6.15. The number of benzene rings is 2. The van der Waals surface area contributed by atoms with Crippen molar-refractivity contribution in [1.29, 1.82) is 0 Å². The molecular formula is C24H28ClN3O3S. The third kappa shape index (κ3) is 5.51. The number of carbonyl (C=O) groups is 1. The Bertz CT molecular complexity index is 1070. The van der Waals surface area contributed by atoms with Gasteiger partial charge in [-0.25, -0.2) is 18.2 Å². The van der Waals surface area contributed by atoms with Crippen molar-refractivity contribution in [3.8, 4) is 0 Å². The van der Waals surface area contributed by atoms with Crippen LogP contribution in [0.25, 0.3) is 0 Å². The zero-order valence-electron chi connectivity index (χ0n) is 17.9. The van der Waals surface area contributed by atoms with Crippen LogP contribution in [-0.4, -0.2) is 43.5 Å². The topological polar surface area (TPSA) is 78.8 Å². The van der Waals surface area contributed by atoms with Crippen molar-refractivity contribution in [3.05, 3.63) is 65.2 Å². The lowest BCUT2D eigenvalue weighted by Crippen LogP contribution is -2.43. The fourth-order valence-electron chi connectivity index (χ4n) is 4.36. The molecule has 4 rings (SSSR count). The minimum absolute atomic E-state index is 0.00757. The van der Waals surface area contributed by atoms with Gasteiger partial charge in [-0.1, -0.05) is 61.2 Å². The highest BCUT2D eigenvalue weighted by Gasteiger charge is 2.33. The molecule has 2 aromatic carbocycles. The van der Waals surface area contributed by atoms with Crippen LogP contribution in [0.2, 0.25) is 5.02 Å². The van der Waals surface area contributed by atoms with Gasteiger partial charge in [0.25, 0.3) is 0 Å². The number of nitrogens with one attached hydrogen (secondary N) is 1. The second-order valence-electron chi connectivity index (χ2n) is 8.48. The molecule has 1 N–H and O–H groups in total. The summed E-state index contributed by atoms with van der Waals surface area (Å²) in [6.07, 6.45) is 5.84. The van der Waals surface area contributed by atoms with Gasteiger partial charge in [0.05, 0.1) is 22.9 Å². The van der Waals surface area contributed by atoms with Gasteiger partial charge in [-0.05, 0) is 49.1 Å². The molecular weight excluding hydrogens is 446 g/mol. The Labute approximate surface area is 194 Å². The van der Waals surface area contributed by atoms with E-state index in [2.05, 4.69) is 10.4 Å². The number of hydrogen-bond donors (Lipinski definition) is 1. The molecule has 0 spiro atoms. The molecule has 1 aliphatic heterocycles. The van der Waals surface area contributed by atoms with Gasteiger partial charge in [0, 0.05) is 17.0 Å². The average Bonchev–Trinajstić information content (AvgIpc) is 3.24. The smallest absolute Gasteiger partial charge is 0.334 e. The Kier molecular flexibility index (Phi) is 7.16. The van der Waals surface area contributed by atoms with Gasteiger partial charge < -0.3 is 5.32 Å². The molecule has 0 radical (unpaired) electrons. The maximum atomic E-state index is 12.9. The largest absolute Gasteiger partial charge is 0.338 e. The number of sulfone groups is 1. The molecule has 1 atom stereocenters. The summed E-state index contributed by atoms with van der Waals surface area (Å²) in [4.78, 5) is 13.2. The lowest BCUT2D eigenvalue weighted by molar-refractivity contribution is 0.193. The van der Waals surface area contributed by atoms with Crippen LogP contribution in [0.4, 0.5) is 4.79 Å². The number of urea groups is 1. The maximum absolute atomic E-state index is 12.9. The Hall–Kier alpha value is -2.38.